The van der Waals surface area contributed by atoms with Gasteiger partial charge in [0.1, 0.15) is 11.8 Å². The van der Waals surface area contributed by atoms with Gasteiger partial charge in [-0.1, -0.05) is 24.3 Å². The summed E-state index contributed by atoms with van der Waals surface area (Å²) in [6.45, 7) is 1.90. The number of ketones is 1. The van der Waals surface area contributed by atoms with E-state index in [1.165, 1.54) is 12.1 Å². The quantitative estimate of drug-likeness (QED) is 0.763. The molecular formula is C23H23F3N2O3. The van der Waals surface area contributed by atoms with Crippen LogP contribution in [-0.2, 0) is 9.59 Å². The molecule has 5 nitrogen and oxygen atoms in total. The third-order valence-corrected chi connectivity index (χ3v) is 5.94. The molecule has 164 valence electrons. The van der Waals surface area contributed by atoms with Crippen LogP contribution in [0.2, 0.25) is 0 Å². The fraction of sp³-hybridized carbons (Fsp3) is 0.391. The van der Waals surface area contributed by atoms with Gasteiger partial charge in [0, 0.05) is 12.1 Å². The van der Waals surface area contributed by atoms with Crippen molar-refractivity contribution in [3.8, 4) is 5.75 Å². The van der Waals surface area contributed by atoms with Crippen LogP contribution in [0.4, 0.5) is 13.2 Å². The fourth-order valence-corrected chi connectivity index (χ4v) is 4.39. The number of nitrogens with one attached hydrogen (secondary N) is 1. The van der Waals surface area contributed by atoms with Gasteiger partial charge in [0.05, 0.1) is 6.04 Å². The number of ether oxygens (including phenoxy) is 1. The van der Waals surface area contributed by atoms with Gasteiger partial charge in [-0.3, -0.25) is 9.59 Å². The molecule has 4 rings (SSSR count). The van der Waals surface area contributed by atoms with Gasteiger partial charge < -0.3 is 15.0 Å². The molecule has 31 heavy (non-hydrogen) atoms. The summed E-state index contributed by atoms with van der Waals surface area (Å²) in [7, 11) is 0. The van der Waals surface area contributed by atoms with Crippen LogP contribution in [0.3, 0.4) is 0 Å². The van der Waals surface area contributed by atoms with Gasteiger partial charge in [-0.25, -0.2) is 0 Å². The number of halogens is 3. The van der Waals surface area contributed by atoms with Crippen LogP contribution < -0.4 is 10.1 Å². The first-order valence-corrected chi connectivity index (χ1v) is 10.3. The summed E-state index contributed by atoms with van der Waals surface area (Å²) in [4.78, 5) is 26.8. The van der Waals surface area contributed by atoms with Gasteiger partial charge in [0.2, 0.25) is 5.91 Å². The van der Waals surface area contributed by atoms with Crippen LogP contribution in [-0.4, -0.2) is 35.0 Å². The number of Topliss-reactive ketones (excluding diaryl/α,β-unsaturated/α-hetero) is 1. The van der Waals surface area contributed by atoms with Crippen molar-refractivity contribution in [2.24, 2.45) is 0 Å². The average Bonchev–Trinajstić information content (AvgIpc) is 3.20. The molecule has 1 saturated heterocycles. The molecular weight excluding hydrogens is 409 g/mol. The Morgan fingerprint density at radius 3 is 2.58 bits per heavy atom. The molecule has 1 amide bonds. The Kier molecular flexibility index (Phi) is 5.64. The van der Waals surface area contributed by atoms with Crippen LogP contribution in [0.5, 0.6) is 5.75 Å². The number of benzene rings is 1. The SMILES string of the molecule is CC1=C(NC(=O)C2CCC(=O)C3CC=CN32)CCC(c2ccc(OC(F)(F)F)cc2)=C1. The lowest BCUT2D eigenvalue weighted by atomic mass is 9.91. The Morgan fingerprint density at radius 1 is 1.16 bits per heavy atom. The average molecular weight is 432 g/mol. The molecule has 2 aliphatic heterocycles. The molecule has 2 atom stereocenters. The molecule has 3 aliphatic rings. The van der Waals surface area contributed by atoms with Crippen LogP contribution >= 0.6 is 0 Å². The molecule has 2 unspecified atom stereocenters. The molecule has 1 fully saturated rings. The molecule has 8 heteroatoms. The zero-order chi connectivity index (χ0) is 22.2. The van der Waals surface area contributed by atoms with Crippen LogP contribution in [0.1, 0.15) is 44.6 Å². The molecule has 0 bridgehead atoms. The normalized spacial score (nSPS) is 23.5. The molecule has 2 heterocycles. The van der Waals surface area contributed by atoms with E-state index in [0.717, 1.165) is 22.4 Å². The van der Waals surface area contributed by atoms with Crippen LogP contribution in [0, 0.1) is 0 Å². The lowest BCUT2D eigenvalue weighted by molar-refractivity contribution is -0.274. The summed E-state index contributed by atoms with van der Waals surface area (Å²) >= 11 is 0. The van der Waals surface area contributed by atoms with Gasteiger partial charge in [0.25, 0.3) is 0 Å². The van der Waals surface area contributed by atoms with E-state index in [-0.39, 0.29) is 29.5 Å². The van der Waals surface area contributed by atoms with Crippen LogP contribution in [0.25, 0.3) is 5.57 Å². The highest BCUT2D eigenvalue weighted by Gasteiger charge is 2.39. The number of piperidine rings is 1. The molecule has 0 spiro atoms. The van der Waals surface area contributed by atoms with E-state index in [2.05, 4.69) is 10.1 Å². The summed E-state index contributed by atoms with van der Waals surface area (Å²) in [5.74, 6) is -0.182. The van der Waals surface area contributed by atoms with Gasteiger partial charge in [-0.15, -0.1) is 13.2 Å². The molecule has 1 aliphatic carbocycles. The van der Waals surface area contributed by atoms with Gasteiger partial charge in [-0.2, -0.15) is 0 Å². The fourth-order valence-electron chi connectivity index (χ4n) is 4.39. The predicted octanol–water partition coefficient (Wildman–Crippen LogP) is 4.47. The maximum Gasteiger partial charge on any atom is 0.573 e. The topological polar surface area (TPSA) is 58.6 Å². The Balaban J connectivity index is 1.44. The Hall–Kier alpha value is -3.03. The first-order valence-electron chi connectivity index (χ1n) is 10.3. The maximum atomic E-state index is 12.9. The summed E-state index contributed by atoms with van der Waals surface area (Å²) in [6.07, 6.45) is 3.86. The molecule has 0 radical (unpaired) electrons. The van der Waals surface area contributed by atoms with Crippen molar-refractivity contribution in [2.45, 2.75) is 57.5 Å². The standard InChI is InChI=1S/C23H23F3N2O3/c1-14-13-16(15-4-7-17(8-5-15)31-23(24,25)26)6-9-18(14)27-22(30)20-10-11-21(29)19-3-2-12-28(19)20/h2,4-5,7-8,12-13,19-20H,3,6,9-11H2,1H3,(H,27,30). The van der Waals surface area contributed by atoms with E-state index in [9.17, 15) is 22.8 Å². The van der Waals surface area contributed by atoms with Crippen molar-refractivity contribution in [3.05, 3.63) is 59.5 Å². The second-order valence-corrected chi connectivity index (χ2v) is 8.00. The maximum absolute atomic E-state index is 12.9. The highest BCUT2D eigenvalue weighted by molar-refractivity contribution is 5.91. The van der Waals surface area contributed by atoms with Crippen molar-refractivity contribution in [1.29, 1.82) is 0 Å². The van der Waals surface area contributed by atoms with E-state index < -0.39 is 6.36 Å². The van der Waals surface area contributed by atoms with Crippen molar-refractivity contribution in [3.63, 3.8) is 0 Å². The van der Waals surface area contributed by atoms with Crippen LogP contribution in [0.15, 0.2) is 53.9 Å². The number of fused-ring (bicyclic) bond motifs is 1. The van der Waals surface area contributed by atoms with Crippen molar-refractivity contribution >= 4 is 17.3 Å². The summed E-state index contributed by atoms with van der Waals surface area (Å²) in [5, 5.41) is 3.04. The molecule has 1 N–H and O–H groups in total. The lowest BCUT2D eigenvalue weighted by Crippen LogP contribution is -2.53. The Bertz CT molecular complexity index is 977. The second kappa shape index (κ2) is 8.24. The third-order valence-electron chi connectivity index (χ3n) is 5.94. The minimum absolute atomic E-state index is 0.107. The van der Waals surface area contributed by atoms with Crippen molar-refractivity contribution in [2.75, 3.05) is 0 Å². The second-order valence-electron chi connectivity index (χ2n) is 8.00. The third kappa shape index (κ3) is 4.68. The van der Waals surface area contributed by atoms with E-state index in [1.54, 1.807) is 12.1 Å². The first-order chi connectivity index (χ1) is 14.7. The largest absolute Gasteiger partial charge is 0.573 e. The number of amides is 1. The summed E-state index contributed by atoms with van der Waals surface area (Å²) in [6, 6.07) is 5.22. The van der Waals surface area contributed by atoms with E-state index in [1.807, 2.05) is 30.2 Å². The number of nitrogens with zero attached hydrogens (tertiary/aromatic N) is 1. The van der Waals surface area contributed by atoms with E-state index in [0.29, 0.717) is 32.1 Å². The summed E-state index contributed by atoms with van der Waals surface area (Å²) in [5.41, 5.74) is 3.54. The number of hydrogen-bond acceptors (Lipinski definition) is 4. The minimum atomic E-state index is -4.71. The molecule has 0 aromatic heterocycles. The first kappa shape index (κ1) is 21.2. The smallest absolute Gasteiger partial charge is 0.406 e. The molecule has 1 aromatic rings. The number of rotatable bonds is 4. The van der Waals surface area contributed by atoms with Gasteiger partial charge in [-0.05, 0) is 67.6 Å². The number of alkyl halides is 3. The monoisotopic (exact) mass is 432 g/mol. The van der Waals surface area contributed by atoms with Crippen molar-refractivity contribution in [1.82, 2.24) is 10.2 Å². The number of carbonyl (C=O) groups excluding carboxylic acids is 2. The molecule has 0 saturated carbocycles. The Morgan fingerprint density at radius 2 is 1.90 bits per heavy atom. The van der Waals surface area contributed by atoms with E-state index >= 15 is 0 Å². The Labute approximate surface area is 178 Å². The molecule has 1 aromatic carbocycles. The lowest BCUT2D eigenvalue weighted by Gasteiger charge is -2.36. The summed E-state index contributed by atoms with van der Waals surface area (Å²) < 4.78 is 40.9. The highest BCUT2D eigenvalue weighted by atomic mass is 19.4. The highest BCUT2D eigenvalue weighted by Crippen LogP contribution is 2.32. The number of hydrogen-bond donors (Lipinski definition) is 1. The number of allylic oxidation sites excluding steroid dienone is 4. The number of carbonyl (C=O) groups is 2. The van der Waals surface area contributed by atoms with Gasteiger partial charge >= 0.3 is 6.36 Å². The van der Waals surface area contributed by atoms with E-state index in [4.69, 9.17) is 0 Å². The zero-order valence-electron chi connectivity index (χ0n) is 17.0. The predicted molar refractivity (Wildman–Crippen MR) is 109 cm³/mol. The van der Waals surface area contributed by atoms with Gasteiger partial charge in [0.15, 0.2) is 5.78 Å². The minimum Gasteiger partial charge on any atom is -0.406 e. The van der Waals surface area contributed by atoms with Crippen molar-refractivity contribution < 1.29 is 27.5 Å². The zero-order valence-corrected chi connectivity index (χ0v) is 17.0.